The number of hydrogen-bond acceptors (Lipinski definition) is 4. The molecule has 172 valence electrons. The van der Waals surface area contributed by atoms with Crippen LogP contribution in [0.4, 0.5) is 4.79 Å². The van der Waals surface area contributed by atoms with Crippen molar-refractivity contribution in [2.45, 2.75) is 51.1 Å². The van der Waals surface area contributed by atoms with Crippen LogP contribution < -0.4 is 10.6 Å². The van der Waals surface area contributed by atoms with Crippen molar-refractivity contribution in [3.05, 3.63) is 59.7 Å². The highest BCUT2D eigenvalue weighted by molar-refractivity contribution is 5.86. The van der Waals surface area contributed by atoms with Gasteiger partial charge in [-0.05, 0) is 42.5 Å². The molecule has 2 atom stereocenters. The number of ether oxygens (including phenoxy) is 1. The van der Waals surface area contributed by atoms with Crippen molar-refractivity contribution in [2.24, 2.45) is 0 Å². The summed E-state index contributed by atoms with van der Waals surface area (Å²) in [7, 11) is 0. The molecule has 7 nitrogen and oxygen atoms in total. The molecule has 7 heteroatoms. The fourth-order valence-corrected chi connectivity index (χ4v) is 3.95. The smallest absolute Gasteiger partial charge is 0.407 e. The van der Waals surface area contributed by atoms with E-state index in [0.717, 1.165) is 22.3 Å². The van der Waals surface area contributed by atoms with Crippen molar-refractivity contribution >= 4 is 18.0 Å². The largest absolute Gasteiger partial charge is 0.481 e. The van der Waals surface area contributed by atoms with Gasteiger partial charge in [0, 0.05) is 24.8 Å². The highest BCUT2D eigenvalue weighted by Crippen LogP contribution is 2.44. The first kappa shape index (κ1) is 23.9. The normalized spacial score (nSPS) is 13.5. The van der Waals surface area contributed by atoms with Crippen molar-refractivity contribution in [1.29, 1.82) is 0 Å². The monoisotopic (exact) mass is 448 g/mol. The third kappa shape index (κ3) is 6.13. The molecule has 1 aliphatic carbocycles. The highest BCUT2D eigenvalue weighted by atomic mass is 16.5. The molecule has 2 aromatic carbocycles. The number of carboxylic acids is 1. The lowest BCUT2D eigenvalue weighted by atomic mass is 9.98. The molecule has 0 spiro atoms. The Hall–Kier alpha value is -3.79. The van der Waals surface area contributed by atoms with Gasteiger partial charge in [-0.25, -0.2) is 4.79 Å². The van der Waals surface area contributed by atoms with Crippen LogP contribution in [0.25, 0.3) is 11.1 Å². The first-order chi connectivity index (χ1) is 15.9. The topological polar surface area (TPSA) is 105 Å². The van der Waals surface area contributed by atoms with Crippen LogP contribution in [-0.2, 0) is 14.3 Å². The number of hydrogen-bond donors (Lipinski definition) is 3. The maximum atomic E-state index is 12.6. The number of benzene rings is 2. The van der Waals surface area contributed by atoms with Gasteiger partial charge < -0.3 is 20.5 Å². The third-order valence-electron chi connectivity index (χ3n) is 5.62. The number of aliphatic carboxylic acids is 1. The average molecular weight is 449 g/mol. The van der Waals surface area contributed by atoms with Crippen LogP contribution in [0.2, 0.25) is 0 Å². The van der Waals surface area contributed by atoms with Crippen LogP contribution in [0.3, 0.4) is 0 Å². The average Bonchev–Trinajstić information content (AvgIpc) is 3.12. The fraction of sp³-hybridized carbons (Fsp3) is 0.346. The summed E-state index contributed by atoms with van der Waals surface area (Å²) in [5, 5.41) is 14.1. The molecule has 3 N–H and O–H groups in total. The molecule has 0 bridgehead atoms. The number of alkyl carbamates (subject to hydrolysis) is 1. The number of amides is 2. The van der Waals surface area contributed by atoms with Gasteiger partial charge in [-0.3, -0.25) is 9.59 Å². The van der Waals surface area contributed by atoms with Crippen LogP contribution in [0.5, 0.6) is 0 Å². The zero-order valence-electron chi connectivity index (χ0n) is 18.8. The molecular weight excluding hydrogens is 420 g/mol. The van der Waals surface area contributed by atoms with E-state index in [-0.39, 0.29) is 37.8 Å². The number of carboxylic acid groups (broad SMARTS) is 1. The Kier molecular flexibility index (Phi) is 8.09. The highest BCUT2D eigenvalue weighted by Gasteiger charge is 2.29. The van der Waals surface area contributed by atoms with E-state index in [4.69, 9.17) is 9.84 Å². The second-order valence-corrected chi connectivity index (χ2v) is 8.00. The lowest BCUT2D eigenvalue weighted by molar-refractivity contribution is -0.137. The van der Waals surface area contributed by atoms with Crippen LogP contribution in [0, 0.1) is 11.8 Å². The van der Waals surface area contributed by atoms with Gasteiger partial charge in [-0.1, -0.05) is 48.5 Å². The summed E-state index contributed by atoms with van der Waals surface area (Å²) in [6, 6.07) is 14.8. The fourth-order valence-electron chi connectivity index (χ4n) is 3.95. The van der Waals surface area contributed by atoms with Gasteiger partial charge in [0.05, 0.1) is 0 Å². The predicted molar refractivity (Wildman–Crippen MR) is 125 cm³/mol. The summed E-state index contributed by atoms with van der Waals surface area (Å²) >= 11 is 0. The third-order valence-corrected chi connectivity index (χ3v) is 5.62. The molecular formula is C26H28N2O5. The van der Waals surface area contributed by atoms with E-state index in [1.807, 2.05) is 36.4 Å². The predicted octanol–water partition coefficient (Wildman–Crippen LogP) is 3.68. The molecule has 0 heterocycles. The van der Waals surface area contributed by atoms with Crippen LogP contribution in [0.1, 0.15) is 50.2 Å². The van der Waals surface area contributed by atoms with E-state index >= 15 is 0 Å². The van der Waals surface area contributed by atoms with Gasteiger partial charge >= 0.3 is 12.1 Å². The Balaban J connectivity index is 1.62. The summed E-state index contributed by atoms with van der Waals surface area (Å²) in [5.41, 5.74) is 4.47. The van der Waals surface area contributed by atoms with Crippen molar-refractivity contribution in [3.63, 3.8) is 0 Å². The van der Waals surface area contributed by atoms with Gasteiger partial charge in [0.25, 0.3) is 0 Å². The second-order valence-electron chi connectivity index (χ2n) is 8.00. The molecule has 2 amide bonds. The van der Waals surface area contributed by atoms with E-state index in [2.05, 4.69) is 34.6 Å². The molecule has 33 heavy (non-hydrogen) atoms. The summed E-state index contributed by atoms with van der Waals surface area (Å²) in [5.74, 6) is 4.09. The van der Waals surface area contributed by atoms with Gasteiger partial charge in [-0.2, -0.15) is 0 Å². The first-order valence-corrected chi connectivity index (χ1v) is 10.9. The molecule has 0 radical (unpaired) electrons. The molecule has 0 saturated carbocycles. The Morgan fingerprint density at radius 3 is 2.21 bits per heavy atom. The van der Waals surface area contributed by atoms with E-state index in [1.165, 1.54) is 0 Å². The molecule has 1 aliphatic rings. The molecule has 0 aliphatic heterocycles. The number of carbonyl (C=O) groups is 3. The van der Waals surface area contributed by atoms with Gasteiger partial charge in [0.1, 0.15) is 12.6 Å². The maximum absolute atomic E-state index is 12.6. The van der Waals surface area contributed by atoms with Crippen molar-refractivity contribution < 1.29 is 24.2 Å². The van der Waals surface area contributed by atoms with Crippen LogP contribution in [0.15, 0.2) is 48.5 Å². The molecule has 2 unspecified atom stereocenters. The summed E-state index contributed by atoms with van der Waals surface area (Å²) in [6.45, 7) is 3.51. The van der Waals surface area contributed by atoms with E-state index in [0.29, 0.717) is 0 Å². The van der Waals surface area contributed by atoms with E-state index < -0.39 is 24.0 Å². The molecule has 0 aromatic heterocycles. The molecule has 0 saturated heterocycles. The zero-order valence-corrected chi connectivity index (χ0v) is 18.8. The van der Waals surface area contributed by atoms with Gasteiger partial charge in [-0.15, -0.1) is 11.8 Å². The Morgan fingerprint density at radius 2 is 1.64 bits per heavy atom. The SMILES string of the molecule is CC#CCC(NC(=O)OCC1c2ccccc2-c2ccccc21)C(=O)NC(C)CCC(=O)O. The van der Waals surface area contributed by atoms with Gasteiger partial charge in [0.2, 0.25) is 5.91 Å². The quantitative estimate of drug-likeness (QED) is 0.508. The van der Waals surface area contributed by atoms with E-state index in [1.54, 1.807) is 13.8 Å². The summed E-state index contributed by atoms with van der Waals surface area (Å²) in [6.07, 6.45) is -0.343. The van der Waals surface area contributed by atoms with Crippen molar-refractivity contribution in [1.82, 2.24) is 10.6 Å². The lowest BCUT2D eigenvalue weighted by Gasteiger charge is -2.20. The number of nitrogens with one attached hydrogen (secondary N) is 2. The molecule has 2 aromatic rings. The standard InChI is InChI=1S/C26H28N2O5/c1-3-4-13-23(25(31)27-17(2)14-15-24(29)30)28-26(32)33-16-22-20-11-7-5-9-18(20)19-10-6-8-12-21(19)22/h5-12,17,22-23H,13-16H2,1-2H3,(H,27,31)(H,28,32)(H,29,30). The summed E-state index contributed by atoms with van der Waals surface area (Å²) < 4.78 is 5.53. The number of fused-ring (bicyclic) bond motifs is 3. The van der Waals surface area contributed by atoms with Gasteiger partial charge in [0.15, 0.2) is 0 Å². The second kappa shape index (κ2) is 11.2. The first-order valence-electron chi connectivity index (χ1n) is 10.9. The number of carbonyl (C=O) groups excluding carboxylic acids is 2. The minimum absolute atomic E-state index is 0.0549. The summed E-state index contributed by atoms with van der Waals surface area (Å²) in [4.78, 5) is 35.9. The van der Waals surface area contributed by atoms with Crippen molar-refractivity contribution in [2.75, 3.05) is 6.61 Å². The minimum Gasteiger partial charge on any atom is -0.481 e. The Labute approximate surface area is 193 Å². The maximum Gasteiger partial charge on any atom is 0.407 e. The molecule has 3 rings (SSSR count). The molecule has 0 fully saturated rings. The lowest BCUT2D eigenvalue weighted by Crippen LogP contribution is -2.49. The van der Waals surface area contributed by atoms with Crippen molar-refractivity contribution in [3.8, 4) is 23.0 Å². The Bertz CT molecular complexity index is 1040. The minimum atomic E-state index is -0.929. The number of rotatable bonds is 9. The zero-order chi connectivity index (χ0) is 23.8. The van der Waals surface area contributed by atoms with E-state index in [9.17, 15) is 14.4 Å². The van der Waals surface area contributed by atoms with Crippen LogP contribution in [-0.4, -0.2) is 41.8 Å². The Morgan fingerprint density at radius 1 is 1.03 bits per heavy atom. The van der Waals surface area contributed by atoms with Crippen LogP contribution >= 0.6 is 0 Å².